The summed E-state index contributed by atoms with van der Waals surface area (Å²) in [4.78, 5) is 51.5. The lowest BCUT2D eigenvalue weighted by atomic mass is 10.0. The molecule has 0 aromatic heterocycles. The van der Waals surface area contributed by atoms with Crippen LogP contribution in [-0.4, -0.2) is 47.0 Å². The van der Waals surface area contributed by atoms with E-state index < -0.39 is 18.0 Å². The van der Waals surface area contributed by atoms with E-state index >= 15 is 0 Å². The van der Waals surface area contributed by atoms with Crippen molar-refractivity contribution >= 4 is 41.1 Å². The third-order valence-electron chi connectivity index (χ3n) is 5.93. The fourth-order valence-electron chi connectivity index (χ4n) is 4.16. The Morgan fingerprint density at radius 1 is 1.27 bits per heavy atom. The number of imide groups is 1. The summed E-state index contributed by atoms with van der Waals surface area (Å²) >= 11 is 6.18. The highest BCUT2D eigenvalue weighted by Gasteiger charge is 2.40. The molecule has 0 saturated carbocycles. The van der Waals surface area contributed by atoms with E-state index in [1.807, 2.05) is 6.92 Å². The van der Waals surface area contributed by atoms with Gasteiger partial charge in [0.2, 0.25) is 11.8 Å². The Morgan fingerprint density at radius 3 is 2.67 bits per heavy atom. The number of carboxylic acid groups (broad SMARTS) is 1. The van der Waals surface area contributed by atoms with Crippen LogP contribution in [0.4, 0.5) is 10.5 Å². The average Bonchev–Trinajstić information content (AvgIpc) is 3.09. The Kier molecular flexibility index (Phi) is 5.99. The number of aryl methyl sites for hydroxylation is 1. The van der Waals surface area contributed by atoms with Gasteiger partial charge in [0.1, 0.15) is 11.8 Å². The lowest BCUT2D eigenvalue weighted by molar-refractivity contribution is -0.136. The van der Waals surface area contributed by atoms with Crippen LogP contribution in [0, 0.1) is 6.92 Å². The van der Waals surface area contributed by atoms with Crippen LogP contribution in [0.25, 0.3) is 0 Å². The molecule has 1 fully saturated rings. The predicted molar refractivity (Wildman–Crippen MR) is 119 cm³/mol. The van der Waals surface area contributed by atoms with Gasteiger partial charge in [0, 0.05) is 28.3 Å². The minimum atomic E-state index is -1.18. The molecule has 1 atom stereocenters. The van der Waals surface area contributed by atoms with Crippen LogP contribution in [-0.2, 0) is 22.7 Å². The summed E-state index contributed by atoms with van der Waals surface area (Å²) in [5.41, 5.74) is 2.74. The number of nitrogens with zero attached hydrogens (tertiary/aromatic N) is 2. The van der Waals surface area contributed by atoms with Gasteiger partial charge in [0.05, 0.1) is 20.2 Å². The van der Waals surface area contributed by atoms with Crippen LogP contribution >= 0.6 is 11.6 Å². The fourth-order valence-corrected chi connectivity index (χ4v) is 4.33. The van der Waals surface area contributed by atoms with E-state index in [2.05, 4.69) is 5.32 Å². The van der Waals surface area contributed by atoms with E-state index in [1.165, 1.54) is 12.0 Å². The number of hydrogen-bond donors (Lipinski definition) is 2. The van der Waals surface area contributed by atoms with E-state index in [9.17, 15) is 24.3 Å². The van der Waals surface area contributed by atoms with Gasteiger partial charge >= 0.3 is 6.09 Å². The van der Waals surface area contributed by atoms with E-state index in [1.54, 1.807) is 30.3 Å². The summed E-state index contributed by atoms with van der Waals surface area (Å²) in [5, 5.41) is 12.5. The molecular weight excluding hydrogens is 450 g/mol. The number of carbonyl (C=O) groups excluding carboxylic acids is 3. The second-order valence-corrected chi connectivity index (χ2v) is 8.43. The summed E-state index contributed by atoms with van der Waals surface area (Å²) in [7, 11) is 1.47. The topological polar surface area (TPSA) is 116 Å². The van der Waals surface area contributed by atoms with Crippen LogP contribution in [0.5, 0.6) is 5.75 Å². The lowest BCUT2D eigenvalue weighted by Gasteiger charge is -2.29. The minimum Gasteiger partial charge on any atom is -0.496 e. The first-order valence-corrected chi connectivity index (χ1v) is 10.7. The summed E-state index contributed by atoms with van der Waals surface area (Å²) < 4.78 is 5.49. The van der Waals surface area contributed by atoms with E-state index in [0.717, 1.165) is 10.5 Å². The zero-order valence-electron chi connectivity index (χ0n) is 18.1. The lowest BCUT2D eigenvalue weighted by Crippen LogP contribution is -2.52. The summed E-state index contributed by atoms with van der Waals surface area (Å²) in [5.74, 6) is -0.789. The Hall–Kier alpha value is -3.59. The Labute approximate surface area is 194 Å². The molecule has 2 aliphatic rings. The number of anilines is 1. The molecule has 172 valence electrons. The van der Waals surface area contributed by atoms with Crippen LogP contribution in [0.3, 0.4) is 0 Å². The van der Waals surface area contributed by atoms with Crippen LogP contribution < -0.4 is 15.0 Å². The smallest absolute Gasteiger partial charge is 0.412 e. The molecule has 2 N–H and O–H groups in total. The predicted octanol–water partition coefficient (Wildman–Crippen LogP) is 3.10. The highest BCUT2D eigenvalue weighted by Crippen LogP contribution is 2.35. The molecule has 4 rings (SSSR count). The normalized spacial score (nSPS) is 17.6. The number of methoxy groups -OCH3 is 1. The summed E-state index contributed by atoms with van der Waals surface area (Å²) in [6, 6.07) is 7.53. The van der Waals surface area contributed by atoms with Crippen molar-refractivity contribution in [3.8, 4) is 5.75 Å². The number of carbonyl (C=O) groups is 4. The van der Waals surface area contributed by atoms with E-state index in [4.69, 9.17) is 16.3 Å². The number of hydrogen-bond acceptors (Lipinski definition) is 5. The second-order valence-electron chi connectivity index (χ2n) is 8.03. The molecule has 1 unspecified atom stereocenters. The molecule has 2 aromatic carbocycles. The molecule has 33 heavy (non-hydrogen) atoms. The monoisotopic (exact) mass is 471 g/mol. The van der Waals surface area contributed by atoms with Crippen LogP contribution in [0.2, 0.25) is 5.02 Å². The van der Waals surface area contributed by atoms with Gasteiger partial charge in [-0.3, -0.25) is 24.6 Å². The van der Waals surface area contributed by atoms with Crippen molar-refractivity contribution in [1.29, 1.82) is 0 Å². The Bertz CT molecular complexity index is 1180. The van der Waals surface area contributed by atoms with E-state index in [-0.39, 0.29) is 37.7 Å². The standard InChI is InChI=1S/C23H22ClN3O6/c1-12-3-4-14(9-17(12)24)26(23(31)32)10-13-7-15-16(19(8-13)33-2)11-27(22(15)30)18-5-6-20(28)25-21(18)29/h3-4,7-9,18H,5-6,10-11H2,1-2H3,(H,31,32)(H,25,28,29). The highest BCUT2D eigenvalue weighted by atomic mass is 35.5. The average molecular weight is 472 g/mol. The van der Waals surface area contributed by atoms with Crippen molar-refractivity contribution in [2.24, 2.45) is 0 Å². The van der Waals surface area contributed by atoms with Gasteiger partial charge < -0.3 is 14.7 Å². The molecule has 0 aliphatic carbocycles. The van der Waals surface area contributed by atoms with Crippen molar-refractivity contribution in [3.63, 3.8) is 0 Å². The maximum absolute atomic E-state index is 13.2. The maximum atomic E-state index is 13.2. The number of halogens is 1. The van der Waals surface area contributed by atoms with Crippen LogP contribution in [0.1, 0.15) is 39.9 Å². The molecule has 2 aliphatic heterocycles. The second kappa shape index (κ2) is 8.74. The van der Waals surface area contributed by atoms with Gasteiger partial charge in [0.15, 0.2) is 0 Å². The first-order valence-electron chi connectivity index (χ1n) is 10.3. The van der Waals surface area contributed by atoms with Gasteiger partial charge in [-0.15, -0.1) is 0 Å². The van der Waals surface area contributed by atoms with Crippen molar-refractivity contribution < 1.29 is 29.0 Å². The third kappa shape index (κ3) is 4.23. The molecule has 0 bridgehead atoms. The quantitative estimate of drug-likeness (QED) is 0.647. The Balaban J connectivity index is 1.65. The van der Waals surface area contributed by atoms with Gasteiger partial charge in [-0.25, -0.2) is 4.79 Å². The number of fused-ring (bicyclic) bond motifs is 1. The number of amides is 4. The number of nitrogens with one attached hydrogen (secondary N) is 1. The fraction of sp³-hybridized carbons (Fsp3) is 0.304. The van der Waals surface area contributed by atoms with Gasteiger partial charge in [-0.1, -0.05) is 17.7 Å². The number of piperidine rings is 1. The Morgan fingerprint density at radius 2 is 2.03 bits per heavy atom. The SMILES string of the molecule is COc1cc(CN(C(=O)O)c2ccc(C)c(Cl)c2)cc2c1CN(C1CCC(=O)NC1=O)C2=O. The van der Waals surface area contributed by atoms with Gasteiger partial charge in [-0.2, -0.15) is 0 Å². The van der Waals surface area contributed by atoms with Gasteiger partial charge in [-0.05, 0) is 48.7 Å². The van der Waals surface area contributed by atoms with Crippen molar-refractivity contribution in [1.82, 2.24) is 10.2 Å². The molecule has 2 aromatic rings. The zero-order chi connectivity index (χ0) is 23.9. The first-order chi connectivity index (χ1) is 15.7. The summed E-state index contributed by atoms with van der Waals surface area (Å²) in [6.45, 7) is 1.95. The maximum Gasteiger partial charge on any atom is 0.412 e. The minimum absolute atomic E-state index is 0.0376. The van der Waals surface area contributed by atoms with Crippen molar-refractivity contribution in [2.45, 2.75) is 38.9 Å². The number of benzene rings is 2. The highest BCUT2D eigenvalue weighted by molar-refractivity contribution is 6.31. The molecule has 10 heteroatoms. The molecule has 0 radical (unpaired) electrons. The largest absolute Gasteiger partial charge is 0.496 e. The molecule has 0 spiro atoms. The molecular formula is C23H22ClN3O6. The molecule has 9 nitrogen and oxygen atoms in total. The van der Waals surface area contributed by atoms with Crippen LogP contribution in [0.15, 0.2) is 30.3 Å². The number of rotatable bonds is 5. The molecule has 4 amide bonds. The van der Waals surface area contributed by atoms with E-state index in [0.29, 0.717) is 33.1 Å². The summed E-state index contributed by atoms with van der Waals surface area (Å²) in [6.07, 6.45) is -0.766. The molecule has 1 saturated heterocycles. The van der Waals surface area contributed by atoms with Crippen molar-refractivity contribution in [3.05, 3.63) is 57.6 Å². The van der Waals surface area contributed by atoms with Crippen molar-refractivity contribution in [2.75, 3.05) is 12.0 Å². The third-order valence-corrected chi connectivity index (χ3v) is 6.34. The number of ether oxygens (including phenoxy) is 1. The zero-order valence-corrected chi connectivity index (χ0v) is 18.8. The molecule has 2 heterocycles. The van der Waals surface area contributed by atoms with Gasteiger partial charge in [0.25, 0.3) is 5.91 Å². The first kappa shape index (κ1) is 22.6.